The van der Waals surface area contributed by atoms with Crippen molar-refractivity contribution in [2.45, 2.75) is 44.6 Å². The van der Waals surface area contributed by atoms with Crippen LogP contribution in [0.3, 0.4) is 0 Å². The predicted octanol–water partition coefficient (Wildman–Crippen LogP) is 8.02. The van der Waals surface area contributed by atoms with Crippen molar-refractivity contribution < 1.29 is 0 Å². The molecule has 0 spiro atoms. The Balaban J connectivity index is 1.69. The van der Waals surface area contributed by atoms with E-state index in [0.717, 1.165) is 0 Å². The van der Waals surface area contributed by atoms with Crippen molar-refractivity contribution in [2.75, 3.05) is 0 Å². The van der Waals surface area contributed by atoms with E-state index in [0.29, 0.717) is 0 Å². The van der Waals surface area contributed by atoms with E-state index in [9.17, 15) is 0 Å². The molecule has 5 aromatic carbocycles. The zero-order valence-electron chi connectivity index (χ0n) is 23.8. The van der Waals surface area contributed by atoms with E-state index in [1.807, 2.05) is 0 Å². The highest BCUT2D eigenvalue weighted by atomic mass is 31.2. The molecule has 5 aromatic rings. The number of rotatable bonds is 7. The van der Waals surface area contributed by atoms with Crippen LogP contribution in [-0.2, 0) is 10.8 Å². The molecule has 0 heterocycles. The highest BCUT2D eigenvalue weighted by molar-refractivity contribution is 7.84. The fraction of sp³-hybridized carbons (Fsp3) is 0.189. The average molecular weight is 558 g/mol. The van der Waals surface area contributed by atoms with Crippen LogP contribution in [0.1, 0.15) is 38.8 Å². The quantitative estimate of drug-likeness (QED) is 0.183. The molecular weight excluding hydrogens is 520 g/mol. The molecule has 0 amide bonds. The Hall–Kier alpha value is -3.08. The van der Waals surface area contributed by atoms with Gasteiger partial charge in [-0.15, -0.1) is 0 Å². The van der Waals surface area contributed by atoms with Gasteiger partial charge in [0.25, 0.3) is 0 Å². The molecule has 6 rings (SSSR count). The smallest absolute Gasteiger partial charge is 0.0370 e. The molecule has 0 atom stereocenters. The summed E-state index contributed by atoms with van der Waals surface area (Å²) in [7, 11) is -1.74. The van der Waals surface area contributed by atoms with Gasteiger partial charge in [-0.25, -0.2) is 4.44 Å². The Labute approximate surface area is 242 Å². The second kappa shape index (κ2) is 11.1. The van der Waals surface area contributed by atoms with Crippen LogP contribution in [0.4, 0.5) is 0 Å². The van der Waals surface area contributed by atoms with Gasteiger partial charge in [-0.2, -0.15) is 0 Å². The molecule has 0 N–H and O–H groups in total. The zero-order valence-corrected chi connectivity index (χ0v) is 25.6. The van der Waals surface area contributed by atoms with Gasteiger partial charge < -0.3 is 0 Å². The van der Waals surface area contributed by atoms with Crippen LogP contribution in [-0.4, -0.2) is 10.5 Å². The Morgan fingerprint density at radius 3 is 0.925 bits per heavy atom. The van der Waals surface area contributed by atoms with Crippen LogP contribution in [0.5, 0.6) is 0 Å². The third kappa shape index (κ3) is 4.76. The lowest BCUT2D eigenvalue weighted by atomic mass is 9.76. The van der Waals surface area contributed by atoms with Crippen molar-refractivity contribution in [1.82, 2.24) is 4.44 Å². The molecule has 200 valence electrons. The summed E-state index contributed by atoms with van der Waals surface area (Å²) in [5.74, 6) is 0. The highest BCUT2D eigenvalue weighted by Gasteiger charge is 2.56. The molecule has 0 unspecified atom stereocenters. The van der Waals surface area contributed by atoms with Gasteiger partial charge in [-0.1, -0.05) is 173 Å². The van der Waals surface area contributed by atoms with E-state index in [1.165, 1.54) is 32.3 Å². The number of fused-ring (bicyclic) bond motifs is 1. The van der Waals surface area contributed by atoms with E-state index in [2.05, 4.69) is 178 Å². The molecule has 1 nitrogen and oxygen atoms in total. The second-order valence-electron chi connectivity index (χ2n) is 11.7. The molecule has 0 fully saturated rings. The number of hydrogen-bond acceptors (Lipinski definition) is 1. The summed E-state index contributed by atoms with van der Waals surface area (Å²) < 4.78 is 2.99. The standard InChI is InChI=1S/C37H37NP2/c1-36(2)33-27-17-18-28-34(33)37(3,4)35(36)38(39(29-19-9-5-10-20-29)30-21-11-6-12-22-30)40(31-23-13-7-14-24-31)32-25-15-8-16-26-32/h5-28,35H,1-4H3. The first-order chi connectivity index (χ1) is 19.4. The van der Waals surface area contributed by atoms with Crippen LogP contribution in [0.2, 0.25) is 0 Å². The summed E-state index contributed by atoms with van der Waals surface area (Å²) in [5.41, 5.74) is 2.83. The summed E-state index contributed by atoms with van der Waals surface area (Å²) >= 11 is 0. The predicted molar refractivity (Wildman–Crippen MR) is 176 cm³/mol. The first-order valence-corrected chi connectivity index (χ1v) is 16.7. The highest BCUT2D eigenvalue weighted by Crippen LogP contribution is 2.64. The lowest BCUT2D eigenvalue weighted by Crippen LogP contribution is -2.52. The molecular formula is C37H37NP2. The first-order valence-electron chi connectivity index (χ1n) is 14.1. The van der Waals surface area contributed by atoms with Crippen LogP contribution >= 0.6 is 16.1 Å². The van der Waals surface area contributed by atoms with Gasteiger partial charge >= 0.3 is 0 Å². The van der Waals surface area contributed by atoms with Gasteiger partial charge in [-0.3, -0.25) is 0 Å². The minimum absolute atomic E-state index is 0.0611. The molecule has 0 bridgehead atoms. The van der Waals surface area contributed by atoms with Crippen LogP contribution in [0, 0.1) is 0 Å². The third-order valence-electron chi connectivity index (χ3n) is 8.33. The average Bonchev–Trinajstić information content (AvgIpc) is 3.15. The molecule has 0 aromatic heterocycles. The summed E-state index contributed by atoms with van der Waals surface area (Å²) in [6.07, 6.45) is 0. The van der Waals surface area contributed by atoms with Gasteiger partial charge in [-0.05, 0) is 32.3 Å². The third-order valence-corrected chi connectivity index (χ3v) is 13.8. The van der Waals surface area contributed by atoms with Crippen molar-refractivity contribution in [1.29, 1.82) is 0 Å². The Morgan fingerprint density at radius 1 is 0.400 bits per heavy atom. The van der Waals surface area contributed by atoms with Gasteiger partial charge in [0, 0.05) is 33.0 Å². The molecule has 0 radical (unpaired) electrons. The fourth-order valence-corrected chi connectivity index (χ4v) is 13.7. The minimum Gasteiger partial charge on any atom is -0.240 e. The zero-order chi connectivity index (χ0) is 27.7. The van der Waals surface area contributed by atoms with E-state index in [1.54, 1.807) is 0 Å². The lowest BCUT2D eigenvalue weighted by molar-refractivity contribution is 0.249. The number of benzene rings is 5. The van der Waals surface area contributed by atoms with E-state index in [-0.39, 0.29) is 16.9 Å². The van der Waals surface area contributed by atoms with Crippen molar-refractivity contribution in [2.24, 2.45) is 0 Å². The topological polar surface area (TPSA) is 3.24 Å². The normalized spacial score (nSPS) is 16.0. The second-order valence-corrected chi connectivity index (χ2v) is 16.2. The maximum atomic E-state index is 2.99. The minimum atomic E-state index is -0.869. The molecule has 0 saturated carbocycles. The van der Waals surface area contributed by atoms with Crippen LogP contribution < -0.4 is 21.2 Å². The van der Waals surface area contributed by atoms with Crippen molar-refractivity contribution >= 4 is 37.4 Å². The fourth-order valence-electron chi connectivity index (χ4n) is 6.75. The monoisotopic (exact) mass is 557 g/mol. The molecule has 1 aliphatic rings. The van der Waals surface area contributed by atoms with Crippen molar-refractivity contribution in [3.63, 3.8) is 0 Å². The molecule has 0 saturated heterocycles. The van der Waals surface area contributed by atoms with Crippen molar-refractivity contribution in [3.8, 4) is 0 Å². The SMILES string of the molecule is CC1(C)c2ccccc2C(C)(C)C1N(P(c1ccccc1)c1ccccc1)P(c1ccccc1)c1ccccc1. The van der Waals surface area contributed by atoms with Crippen LogP contribution in [0.25, 0.3) is 0 Å². The van der Waals surface area contributed by atoms with E-state index in [4.69, 9.17) is 0 Å². The van der Waals surface area contributed by atoms with Crippen molar-refractivity contribution in [3.05, 3.63) is 157 Å². The largest absolute Gasteiger partial charge is 0.240 e. The summed E-state index contributed by atoms with van der Waals surface area (Å²) in [4.78, 5) is 0. The maximum Gasteiger partial charge on any atom is 0.0370 e. The molecule has 40 heavy (non-hydrogen) atoms. The molecule has 0 aliphatic heterocycles. The van der Waals surface area contributed by atoms with E-state index >= 15 is 0 Å². The van der Waals surface area contributed by atoms with E-state index < -0.39 is 16.1 Å². The van der Waals surface area contributed by atoms with Crippen LogP contribution in [0.15, 0.2) is 146 Å². The summed E-state index contributed by atoms with van der Waals surface area (Å²) in [5, 5.41) is 5.58. The lowest BCUT2D eigenvalue weighted by Gasteiger charge is -2.51. The molecule has 1 aliphatic carbocycles. The van der Waals surface area contributed by atoms with Gasteiger partial charge in [0.2, 0.25) is 0 Å². The van der Waals surface area contributed by atoms with Gasteiger partial charge in [0.05, 0.1) is 0 Å². The Bertz CT molecular complexity index is 1350. The number of hydrogen-bond donors (Lipinski definition) is 0. The Morgan fingerprint density at radius 2 is 0.650 bits per heavy atom. The Kier molecular flexibility index (Phi) is 7.50. The van der Waals surface area contributed by atoms with Gasteiger partial charge in [0.1, 0.15) is 0 Å². The van der Waals surface area contributed by atoms with Gasteiger partial charge in [0.15, 0.2) is 0 Å². The molecule has 3 heteroatoms. The summed E-state index contributed by atoms with van der Waals surface area (Å²) in [6, 6.07) is 54.4. The number of nitrogens with zero attached hydrogens (tertiary/aromatic N) is 1. The maximum absolute atomic E-state index is 2.99. The first kappa shape index (κ1) is 27.1. The summed E-state index contributed by atoms with van der Waals surface area (Å²) in [6.45, 7) is 9.91.